The monoisotopic (exact) mass is 392 g/mol. The van der Waals surface area contributed by atoms with Crippen molar-refractivity contribution in [2.45, 2.75) is 71.9 Å². The molecule has 0 radical (unpaired) electrons. The number of rotatable bonds is 6. The first kappa shape index (κ1) is 20.7. The second kappa shape index (κ2) is 9.48. The van der Waals surface area contributed by atoms with Crippen LogP contribution in [0.5, 0.6) is 0 Å². The number of aryl methyl sites for hydroxylation is 2. The second-order valence-electron chi connectivity index (χ2n) is 8.49. The van der Waals surface area contributed by atoms with Gasteiger partial charge in [-0.15, -0.1) is 11.3 Å². The van der Waals surface area contributed by atoms with Crippen LogP contribution in [0.15, 0.2) is 0 Å². The zero-order valence-corrected chi connectivity index (χ0v) is 18.3. The molecule has 2 aliphatic heterocycles. The van der Waals surface area contributed by atoms with Crippen molar-refractivity contribution in [1.82, 2.24) is 20.1 Å². The molecule has 27 heavy (non-hydrogen) atoms. The second-order valence-corrected chi connectivity index (χ2v) is 9.77. The van der Waals surface area contributed by atoms with Crippen LogP contribution in [0, 0.1) is 19.8 Å². The van der Waals surface area contributed by atoms with Crippen LogP contribution in [0.4, 0.5) is 0 Å². The topological polar surface area (TPSA) is 48.5 Å². The van der Waals surface area contributed by atoms with Crippen molar-refractivity contribution in [2.24, 2.45) is 5.92 Å². The Balaban J connectivity index is 1.42. The van der Waals surface area contributed by atoms with E-state index >= 15 is 0 Å². The van der Waals surface area contributed by atoms with Crippen LogP contribution in [0.1, 0.15) is 55.1 Å². The molecule has 0 aromatic carbocycles. The highest BCUT2D eigenvalue weighted by atomic mass is 32.1. The molecule has 1 aromatic heterocycles. The van der Waals surface area contributed by atoms with E-state index in [1.807, 2.05) is 0 Å². The van der Waals surface area contributed by atoms with Crippen LogP contribution < -0.4 is 5.32 Å². The van der Waals surface area contributed by atoms with E-state index in [0.717, 1.165) is 43.1 Å². The van der Waals surface area contributed by atoms with Gasteiger partial charge in [0.1, 0.15) is 0 Å². The number of aromatic nitrogens is 1. The number of carbonyl (C=O) groups excluding carboxylic acids is 1. The number of amides is 1. The molecule has 3 rings (SSSR count). The molecular weight excluding hydrogens is 356 g/mol. The SMILES string of the molecule is Cc1nc(CCNC(=O)[C@@H]2CCCN(C3CCN(C(C)C)CC3)C2)sc1C. The minimum Gasteiger partial charge on any atom is -0.355 e. The van der Waals surface area contributed by atoms with Gasteiger partial charge >= 0.3 is 0 Å². The number of likely N-dealkylation sites (tertiary alicyclic amines) is 2. The first-order chi connectivity index (χ1) is 12.9. The van der Waals surface area contributed by atoms with Gasteiger partial charge in [-0.3, -0.25) is 9.69 Å². The summed E-state index contributed by atoms with van der Waals surface area (Å²) in [7, 11) is 0. The summed E-state index contributed by atoms with van der Waals surface area (Å²) in [5.41, 5.74) is 1.12. The summed E-state index contributed by atoms with van der Waals surface area (Å²) < 4.78 is 0. The van der Waals surface area contributed by atoms with Crippen molar-refractivity contribution < 1.29 is 4.79 Å². The summed E-state index contributed by atoms with van der Waals surface area (Å²) in [6.07, 6.45) is 5.51. The van der Waals surface area contributed by atoms with Gasteiger partial charge in [-0.2, -0.15) is 0 Å². The van der Waals surface area contributed by atoms with Gasteiger partial charge in [-0.05, 0) is 73.0 Å². The van der Waals surface area contributed by atoms with Gasteiger partial charge < -0.3 is 10.2 Å². The average molecular weight is 393 g/mol. The van der Waals surface area contributed by atoms with E-state index in [4.69, 9.17) is 0 Å². The molecule has 6 heteroatoms. The van der Waals surface area contributed by atoms with E-state index in [9.17, 15) is 4.79 Å². The summed E-state index contributed by atoms with van der Waals surface area (Å²) >= 11 is 1.75. The van der Waals surface area contributed by atoms with E-state index in [2.05, 4.69) is 47.8 Å². The van der Waals surface area contributed by atoms with Gasteiger partial charge in [0.2, 0.25) is 5.91 Å². The summed E-state index contributed by atoms with van der Waals surface area (Å²) in [5, 5.41) is 4.30. The molecule has 3 heterocycles. The molecule has 2 aliphatic rings. The summed E-state index contributed by atoms with van der Waals surface area (Å²) in [4.78, 5) is 23.7. The summed E-state index contributed by atoms with van der Waals surface area (Å²) in [6, 6.07) is 1.31. The number of nitrogens with one attached hydrogen (secondary N) is 1. The zero-order chi connectivity index (χ0) is 19.4. The van der Waals surface area contributed by atoms with Crippen LogP contribution in [0.25, 0.3) is 0 Å². The molecule has 1 atom stereocenters. The number of piperidine rings is 2. The van der Waals surface area contributed by atoms with Gasteiger partial charge in [0.15, 0.2) is 0 Å². The van der Waals surface area contributed by atoms with E-state index in [0.29, 0.717) is 18.6 Å². The molecule has 152 valence electrons. The highest BCUT2D eigenvalue weighted by molar-refractivity contribution is 7.11. The molecule has 2 fully saturated rings. The predicted octanol–water partition coefficient (Wildman–Crippen LogP) is 3.00. The number of carbonyl (C=O) groups is 1. The van der Waals surface area contributed by atoms with Gasteiger partial charge in [-0.1, -0.05) is 0 Å². The lowest BCUT2D eigenvalue weighted by atomic mass is 9.93. The molecule has 1 aromatic rings. The van der Waals surface area contributed by atoms with Crippen molar-refractivity contribution in [3.8, 4) is 0 Å². The maximum absolute atomic E-state index is 12.7. The fraction of sp³-hybridized carbons (Fsp3) is 0.810. The molecular formula is C21H36N4OS. The van der Waals surface area contributed by atoms with Crippen LogP contribution in [-0.2, 0) is 11.2 Å². The molecule has 0 saturated carbocycles. The highest BCUT2D eigenvalue weighted by Gasteiger charge is 2.31. The molecule has 0 aliphatic carbocycles. The molecule has 0 bridgehead atoms. The quantitative estimate of drug-likeness (QED) is 0.808. The summed E-state index contributed by atoms with van der Waals surface area (Å²) in [5.74, 6) is 0.394. The first-order valence-electron chi connectivity index (χ1n) is 10.6. The highest BCUT2D eigenvalue weighted by Crippen LogP contribution is 2.25. The maximum Gasteiger partial charge on any atom is 0.224 e. The lowest BCUT2D eigenvalue weighted by Crippen LogP contribution is -2.51. The van der Waals surface area contributed by atoms with Gasteiger partial charge in [0, 0.05) is 36.5 Å². The smallest absolute Gasteiger partial charge is 0.224 e. The Kier molecular flexibility index (Phi) is 7.29. The normalized spacial score (nSPS) is 23.1. The molecule has 1 amide bonds. The third kappa shape index (κ3) is 5.52. The first-order valence-corrected chi connectivity index (χ1v) is 11.4. The summed E-state index contributed by atoms with van der Waals surface area (Å²) in [6.45, 7) is 13.9. The molecule has 0 unspecified atom stereocenters. The fourth-order valence-corrected chi connectivity index (χ4v) is 5.34. The lowest BCUT2D eigenvalue weighted by molar-refractivity contribution is -0.127. The third-order valence-corrected chi connectivity index (χ3v) is 7.41. The van der Waals surface area contributed by atoms with Crippen LogP contribution in [-0.4, -0.2) is 65.5 Å². The third-order valence-electron chi connectivity index (χ3n) is 6.28. The van der Waals surface area contributed by atoms with Crippen molar-refractivity contribution in [2.75, 3.05) is 32.7 Å². The average Bonchev–Trinajstić information content (AvgIpc) is 2.99. The zero-order valence-electron chi connectivity index (χ0n) is 17.5. The van der Waals surface area contributed by atoms with Gasteiger partial charge in [-0.25, -0.2) is 4.98 Å². The van der Waals surface area contributed by atoms with E-state index in [1.54, 1.807) is 11.3 Å². The Morgan fingerprint density at radius 1 is 1.22 bits per heavy atom. The van der Waals surface area contributed by atoms with Crippen LogP contribution in [0.2, 0.25) is 0 Å². The maximum atomic E-state index is 12.7. The standard InChI is InChI=1S/C21H36N4OS/c1-15(2)24-12-8-19(9-13-24)25-11-5-6-18(14-25)21(26)22-10-7-20-23-16(3)17(4)27-20/h15,18-19H,5-14H2,1-4H3,(H,22,26)/t18-/m1/s1. The van der Waals surface area contributed by atoms with E-state index < -0.39 is 0 Å². The van der Waals surface area contributed by atoms with Crippen molar-refractivity contribution >= 4 is 17.2 Å². The lowest BCUT2D eigenvalue weighted by Gasteiger charge is -2.43. The Hall–Kier alpha value is -0.980. The number of hydrogen-bond donors (Lipinski definition) is 1. The van der Waals surface area contributed by atoms with Crippen LogP contribution >= 0.6 is 11.3 Å². The van der Waals surface area contributed by atoms with Crippen molar-refractivity contribution in [3.63, 3.8) is 0 Å². The number of thiazole rings is 1. The molecule has 5 nitrogen and oxygen atoms in total. The van der Waals surface area contributed by atoms with E-state index in [1.165, 1.54) is 30.8 Å². The minimum absolute atomic E-state index is 0.154. The fourth-order valence-electron chi connectivity index (χ4n) is 4.40. The molecule has 2 saturated heterocycles. The van der Waals surface area contributed by atoms with Crippen molar-refractivity contribution in [3.05, 3.63) is 15.6 Å². The molecule has 0 spiro atoms. The van der Waals surface area contributed by atoms with Crippen molar-refractivity contribution in [1.29, 1.82) is 0 Å². The Morgan fingerprint density at radius 3 is 2.59 bits per heavy atom. The predicted molar refractivity (Wildman–Crippen MR) is 112 cm³/mol. The largest absolute Gasteiger partial charge is 0.355 e. The van der Waals surface area contributed by atoms with Gasteiger partial charge in [0.25, 0.3) is 0 Å². The Labute approximate surface area is 168 Å². The van der Waals surface area contributed by atoms with E-state index in [-0.39, 0.29) is 11.8 Å². The van der Waals surface area contributed by atoms with Gasteiger partial charge in [0.05, 0.1) is 16.6 Å². The Bertz CT molecular complexity index is 602. The Morgan fingerprint density at radius 2 is 1.96 bits per heavy atom. The number of hydrogen-bond acceptors (Lipinski definition) is 5. The molecule has 1 N–H and O–H groups in total. The number of nitrogens with zero attached hydrogens (tertiary/aromatic N) is 3. The van der Waals surface area contributed by atoms with Crippen LogP contribution in [0.3, 0.4) is 0 Å². The minimum atomic E-state index is 0.154.